The molecule has 1 heterocycles. The maximum absolute atomic E-state index is 13.9. The van der Waals surface area contributed by atoms with Gasteiger partial charge in [0.2, 0.25) is 35.4 Å². The zero-order valence-corrected chi connectivity index (χ0v) is 38.1. The number of hydrogen-bond acceptors (Lipinski definition) is 10. The number of carboxylic acids is 1. The Labute approximate surface area is 376 Å². The van der Waals surface area contributed by atoms with Gasteiger partial charge in [-0.15, -0.1) is 0 Å². The lowest BCUT2D eigenvalue weighted by Gasteiger charge is -2.30. The number of likely N-dealkylation sites (N-methyl/N-ethyl adjacent to an activating group) is 2. The third-order valence-electron chi connectivity index (χ3n) is 11.8. The fourth-order valence-electron chi connectivity index (χ4n) is 7.67. The maximum atomic E-state index is 13.9. The number of amides is 6. The van der Waals surface area contributed by atoms with Crippen LogP contribution in [-0.2, 0) is 40.0 Å². The number of nitrogens with zero attached hydrogens (tertiary/aromatic N) is 2. The molecule has 0 saturated heterocycles. The first kappa shape index (κ1) is 52.6. The van der Waals surface area contributed by atoms with E-state index in [2.05, 4.69) is 28.2 Å². The summed E-state index contributed by atoms with van der Waals surface area (Å²) in [6.45, 7) is 3.87. The number of aliphatic carboxylic acids is 1. The van der Waals surface area contributed by atoms with E-state index in [0.29, 0.717) is 18.4 Å². The summed E-state index contributed by atoms with van der Waals surface area (Å²) in [5, 5.41) is 51.4. The van der Waals surface area contributed by atoms with Crippen LogP contribution in [0.1, 0.15) is 134 Å². The molecule has 0 spiro atoms. The molecule has 1 aliphatic heterocycles. The highest BCUT2D eigenvalue weighted by molar-refractivity contribution is 5.96. The number of carbonyl (C=O) groups excluding carboxylic acids is 6. The number of aliphatic hydroxyl groups excluding tert-OH is 1. The number of nitrogens with one attached hydrogen (secondary N) is 4. The van der Waals surface area contributed by atoms with E-state index < -0.39 is 78.9 Å². The molecule has 0 radical (unpaired) electrons. The van der Waals surface area contributed by atoms with Crippen molar-refractivity contribution in [3.63, 3.8) is 0 Å². The number of aromatic hydroxyl groups is 2. The number of benzene rings is 2. The zero-order valence-electron chi connectivity index (χ0n) is 38.1. The van der Waals surface area contributed by atoms with E-state index in [4.69, 9.17) is 0 Å². The van der Waals surface area contributed by atoms with Crippen molar-refractivity contribution < 1.29 is 54.0 Å². The summed E-state index contributed by atoms with van der Waals surface area (Å²) in [7, 11) is 2.82. The molecule has 0 aliphatic carbocycles. The third kappa shape index (κ3) is 16.4. The molecule has 2 aromatic rings. The van der Waals surface area contributed by atoms with Crippen LogP contribution in [-0.4, -0.2) is 123 Å². The van der Waals surface area contributed by atoms with Crippen molar-refractivity contribution in [1.82, 2.24) is 31.1 Å². The standard InChI is InChI=1S/C47H70N6O11/c1-6-7-8-9-10-11-12-13-14-15-16-17-18-19-41(58)52(4)34(29-54)27-40(57)49-30(2)44(60)48-28-42(59)53(5)43-33-21-23-39(56)36(26-33)35-24-32(20-22-38(35)55)25-37(47(63)64)51-45(61)31(3)50-46(43)62/h20-24,26,30-31,34,37,43,54-56H,6-19,25,27-29H2,1-5H3,(H,48,60)(H,49,57)(H,50,62)(H,51,61)(H,63,64)/t30-,31-,34+,37-,43-/m0/s1. The smallest absolute Gasteiger partial charge is 0.326 e. The van der Waals surface area contributed by atoms with Crippen LogP contribution in [0.15, 0.2) is 36.4 Å². The molecule has 64 heavy (non-hydrogen) atoms. The number of hydrogen-bond donors (Lipinski definition) is 8. The summed E-state index contributed by atoms with van der Waals surface area (Å²) in [4.78, 5) is 94.0. The zero-order chi connectivity index (χ0) is 47.3. The Kier molecular flexibility index (Phi) is 22.0. The second kappa shape index (κ2) is 26.8. The van der Waals surface area contributed by atoms with Crippen molar-refractivity contribution in [2.45, 2.75) is 154 Å². The van der Waals surface area contributed by atoms with Crippen molar-refractivity contribution in [3.05, 3.63) is 47.5 Å². The molecule has 17 heteroatoms. The van der Waals surface area contributed by atoms with Gasteiger partial charge >= 0.3 is 5.97 Å². The molecule has 0 saturated carbocycles. The van der Waals surface area contributed by atoms with E-state index in [1.807, 2.05) is 0 Å². The molecule has 0 fully saturated rings. The number of unbranched alkanes of at least 4 members (excludes halogenated alkanes) is 12. The second-order valence-corrected chi connectivity index (χ2v) is 16.9. The Morgan fingerprint density at radius 1 is 0.781 bits per heavy atom. The van der Waals surface area contributed by atoms with Gasteiger partial charge in [-0.1, -0.05) is 96.1 Å². The predicted molar refractivity (Wildman–Crippen MR) is 241 cm³/mol. The maximum Gasteiger partial charge on any atom is 0.326 e. The monoisotopic (exact) mass is 895 g/mol. The predicted octanol–water partition coefficient (Wildman–Crippen LogP) is 4.21. The molecule has 2 aromatic carbocycles. The molecule has 354 valence electrons. The molecule has 1 aliphatic rings. The van der Waals surface area contributed by atoms with Crippen LogP contribution in [0.25, 0.3) is 11.1 Å². The molecule has 8 N–H and O–H groups in total. The lowest BCUT2D eigenvalue weighted by molar-refractivity contribution is -0.143. The summed E-state index contributed by atoms with van der Waals surface area (Å²) < 4.78 is 0. The Hall–Kier alpha value is -5.71. The highest BCUT2D eigenvalue weighted by atomic mass is 16.4. The van der Waals surface area contributed by atoms with Crippen molar-refractivity contribution in [3.8, 4) is 22.6 Å². The molecule has 6 amide bonds. The van der Waals surface area contributed by atoms with Crippen LogP contribution in [0.5, 0.6) is 11.5 Å². The number of phenols is 2. The van der Waals surface area contributed by atoms with Crippen LogP contribution in [0, 0.1) is 0 Å². The van der Waals surface area contributed by atoms with E-state index in [1.165, 1.54) is 127 Å². The average Bonchev–Trinajstić information content (AvgIpc) is 3.26. The first-order valence-electron chi connectivity index (χ1n) is 22.7. The molecular weight excluding hydrogens is 825 g/mol. The highest BCUT2D eigenvalue weighted by Crippen LogP contribution is 2.38. The minimum atomic E-state index is -1.46. The lowest BCUT2D eigenvalue weighted by Crippen LogP contribution is -2.54. The van der Waals surface area contributed by atoms with E-state index in [-0.39, 0.29) is 46.9 Å². The third-order valence-corrected chi connectivity index (χ3v) is 11.8. The number of carbonyl (C=O) groups is 7. The first-order valence-corrected chi connectivity index (χ1v) is 22.7. The van der Waals surface area contributed by atoms with E-state index in [9.17, 15) is 54.0 Å². The van der Waals surface area contributed by atoms with Gasteiger partial charge in [-0.25, -0.2) is 4.79 Å². The average molecular weight is 895 g/mol. The normalized spacial score (nSPS) is 17.2. The summed E-state index contributed by atoms with van der Waals surface area (Å²) in [5.41, 5.74) is 0.748. The molecule has 0 aromatic heterocycles. The SMILES string of the molecule is CCCCCCCCCCCCCCCC(=O)N(C)[C@@H](CO)CC(=O)N[C@@H](C)C(=O)NCC(=O)N(C)[C@@H]1C(=O)N[C@@H](C)C(=O)N[C@H](C(=O)O)Cc2ccc(O)c(c2)-c2cc1ccc2O. The largest absolute Gasteiger partial charge is 0.507 e. The number of fused-ring (bicyclic) bond motifs is 5. The quantitative estimate of drug-likeness (QED) is 0.0693. The van der Waals surface area contributed by atoms with Gasteiger partial charge < -0.3 is 51.5 Å². The number of carboxylic acid groups (broad SMARTS) is 1. The molecule has 5 atom stereocenters. The van der Waals surface area contributed by atoms with Gasteiger partial charge in [0, 0.05) is 44.5 Å². The number of phenolic OH excluding ortho intramolecular Hbond substituents is 2. The Morgan fingerprint density at radius 2 is 1.34 bits per heavy atom. The van der Waals surface area contributed by atoms with Crippen LogP contribution < -0.4 is 21.3 Å². The van der Waals surface area contributed by atoms with Crippen LogP contribution >= 0.6 is 0 Å². The minimum absolute atomic E-state index is 0.0724. The van der Waals surface area contributed by atoms with E-state index in [0.717, 1.165) is 24.2 Å². The summed E-state index contributed by atoms with van der Waals surface area (Å²) in [5.74, 6) is -5.86. The van der Waals surface area contributed by atoms with Crippen LogP contribution in [0.2, 0.25) is 0 Å². The highest BCUT2D eigenvalue weighted by Gasteiger charge is 2.33. The summed E-state index contributed by atoms with van der Waals surface area (Å²) >= 11 is 0. The summed E-state index contributed by atoms with van der Waals surface area (Å²) in [6, 6.07) is 2.19. The van der Waals surface area contributed by atoms with Gasteiger partial charge in [0.25, 0.3) is 0 Å². The lowest BCUT2D eigenvalue weighted by atomic mass is 9.94. The van der Waals surface area contributed by atoms with Crippen molar-refractivity contribution >= 4 is 41.4 Å². The van der Waals surface area contributed by atoms with Gasteiger partial charge in [0.15, 0.2) is 0 Å². The van der Waals surface area contributed by atoms with Gasteiger partial charge in [-0.05, 0) is 55.7 Å². The number of rotatable bonds is 24. The molecule has 0 unspecified atom stereocenters. The Balaban J connectivity index is 1.57. The van der Waals surface area contributed by atoms with Crippen molar-refractivity contribution in [1.29, 1.82) is 0 Å². The van der Waals surface area contributed by atoms with Gasteiger partial charge in [0.1, 0.15) is 35.7 Å². The Bertz CT molecular complexity index is 1910. The summed E-state index contributed by atoms with van der Waals surface area (Å²) in [6.07, 6.45) is 15.2. The van der Waals surface area contributed by atoms with Gasteiger partial charge in [-0.3, -0.25) is 28.8 Å². The van der Waals surface area contributed by atoms with Crippen LogP contribution in [0.4, 0.5) is 0 Å². The molecular formula is C47H70N6O11. The van der Waals surface area contributed by atoms with Crippen molar-refractivity contribution in [2.24, 2.45) is 0 Å². The molecule has 4 bridgehead atoms. The van der Waals surface area contributed by atoms with Gasteiger partial charge in [0.05, 0.1) is 19.2 Å². The first-order chi connectivity index (χ1) is 30.5. The van der Waals surface area contributed by atoms with Gasteiger partial charge in [-0.2, -0.15) is 0 Å². The number of aliphatic hydroxyl groups is 1. The van der Waals surface area contributed by atoms with Crippen molar-refractivity contribution in [2.75, 3.05) is 27.2 Å². The molecule has 3 rings (SSSR count). The fourth-order valence-corrected chi connectivity index (χ4v) is 7.67. The topological polar surface area (TPSA) is 255 Å². The van der Waals surface area contributed by atoms with E-state index in [1.54, 1.807) is 0 Å². The second-order valence-electron chi connectivity index (χ2n) is 16.9. The van der Waals surface area contributed by atoms with E-state index >= 15 is 0 Å². The minimum Gasteiger partial charge on any atom is -0.507 e. The van der Waals surface area contributed by atoms with Crippen LogP contribution in [0.3, 0.4) is 0 Å². The fraction of sp³-hybridized carbons (Fsp3) is 0.596. The Morgan fingerprint density at radius 3 is 1.92 bits per heavy atom. The molecule has 17 nitrogen and oxygen atoms in total.